The third-order valence-corrected chi connectivity index (χ3v) is 5.65. The molecule has 0 fully saturated rings. The third kappa shape index (κ3) is 5.81. The fourth-order valence-corrected chi connectivity index (χ4v) is 3.83. The number of halogens is 1. The number of carbonyl (C=O) groups excluding carboxylic acids is 4. The number of carbonyl (C=O) groups is 4. The third-order valence-electron chi connectivity index (χ3n) is 4.47. The van der Waals surface area contributed by atoms with Crippen molar-refractivity contribution >= 4 is 40.8 Å². The zero-order valence-corrected chi connectivity index (χ0v) is 19.2. The first-order chi connectivity index (χ1) is 16.2. The van der Waals surface area contributed by atoms with Crippen LogP contribution in [0.1, 0.15) is 36.1 Å². The molecule has 2 aromatic carbocycles. The van der Waals surface area contributed by atoms with Crippen molar-refractivity contribution < 1.29 is 37.8 Å². The normalized spacial score (nSPS) is 10.4. The fraction of sp³-hybridized carbons (Fsp3) is 0.174. The number of esters is 3. The van der Waals surface area contributed by atoms with Crippen LogP contribution in [-0.4, -0.2) is 49.6 Å². The molecule has 1 N–H and O–H groups in total. The van der Waals surface area contributed by atoms with Crippen LogP contribution < -0.4 is 5.32 Å². The standard InChI is InChI=1S/C23H19FN2O7S/c1-12-19(34-20(25-12)13-4-6-16(24)7-5-13)23(30)33-11-18(27)26-17-9-14(21(28)31-2)8-15(10-17)22(29)32-3/h4-10H,11H2,1-3H3,(H,26,27). The van der Waals surface area contributed by atoms with E-state index in [4.69, 9.17) is 4.74 Å². The van der Waals surface area contributed by atoms with E-state index in [1.165, 1.54) is 44.6 Å². The van der Waals surface area contributed by atoms with Crippen molar-refractivity contribution in [1.29, 1.82) is 0 Å². The van der Waals surface area contributed by atoms with Gasteiger partial charge in [-0.15, -0.1) is 11.3 Å². The van der Waals surface area contributed by atoms with Crippen molar-refractivity contribution in [3.05, 3.63) is 70.0 Å². The summed E-state index contributed by atoms with van der Waals surface area (Å²) < 4.78 is 27.5. The van der Waals surface area contributed by atoms with E-state index in [0.29, 0.717) is 16.3 Å². The van der Waals surface area contributed by atoms with Crippen LogP contribution in [0.25, 0.3) is 10.6 Å². The first-order valence-corrected chi connectivity index (χ1v) is 10.6. The van der Waals surface area contributed by atoms with E-state index >= 15 is 0 Å². The first-order valence-electron chi connectivity index (χ1n) is 9.74. The second kappa shape index (κ2) is 10.7. The van der Waals surface area contributed by atoms with Gasteiger partial charge in [-0.3, -0.25) is 4.79 Å². The van der Waals surface area contributed by atoms with Crippen molar-refractivity contribution in [2.75, 3.05) is 26.1 Å². The molecule has 0 bridgehead atoms. The summed E-state index contributed by atoms with van der Waals surface area (Å²) in [5.41, 5.74) is 1.19. The van der Waals surface area contributed by atoms with E-state index in [9.17, 15) is 23.6 Å². The number of aromatic nitrogens is 1. The Kier molecular flexibility index (Phi) is 7.69. The summed E-state index contributed by atoms with van der Waals surface area (Å²) >= 11 is 1.05. The fourth-order valence-electron chi connectivity index (χ4n) is 2.87. The Morgan fingerprint density at radius 3 is 2.09 bits per heavy atom. The predicted octanol–water partition coefficient (Wildman–Crippen LogP) is 3.63. The molecule has 3 aromatic rings. The molecule has 0 spiro atoms. The number of amides is 1. The Morgan fingerprint density at radius 1 is 0.941 bits per heavy atom. The lowest BCUT2D eigenvalue weighted by molar-refractivity contribution is -0.119. The van der Waals surface area contributed by atoms with Gasteiger partial charge in [0.25, 0.3) is 5.91 Å². The monoisotopic (exact) mass is 486 g/mol. The molecule has 0 aliphatic heterocycles. The number of benzene rings is 2. The van der Waals surface area contributed by atoms with E-state index in [1.54, 1.807) is 19.1 Å². The summed E-state index contributed by atoms with van der Waals surface area (Å²) in [5, 5.41) is 2.96. The molecule has 176 valence electrons. The molecule has 3 rings (SSSR count). The van der Waals surface area contributed by atoms with Crippen LogP contribution in [0.15, 0.2) is 42.5 Å². The summed E-state index contributed by atoms with van der Waals surface area (Å²) in [5.74, 6) is -3.28. The summed E-state index contributed by atoms with van der Waals surface area (Å²) in [6, 6.07) is 9.53. The van der Waals surface area contributed by atoms with E-state index in [-0.39, 0.29) is 21.7 Å². The molecular formula is C23H19FN2O7S. The molecule has 9 nitrogen and oxygen atoms in total. The number of methoxy groups -OCH3 is 2. The quantitative estimate of drug-likeness (QED) is 0.397. The number of thiazole rings is 1. The summed E-state index contributed by atoms with van der Waals surface area (Å²) in [6.07, 6.45) is 0. The van der Waals surface area contributed by atoms with Gasteiger partial charge in [0.1, 0.15) is 15.7 Å². The molecule has 0 aliphatic carbocycles. The highest BCUT2D eigenvalue weighted by Gasteiger charge is 2.20. The zero-order valence-electron chi connectivity index (χ0n) is 18.3. The molecule has 0 radical (unpaired) electrons. The summed E-state index contributed by atoms with van der Waals surface area (Å²) in [7, 11) is 2.35. The SMILES string of the molecule is COC(=O)c1cc(NC(=O)COC(=O)c2sc(-c3ccc(F)cc3)nc2C)cc(C(=O)OC)c1. The average Bonchev–Trinajstić information content (AvgIpc) is 3.23. The lowest BCUT2D eigenvalue weighted by Crippen LogP contribution is -2.21. The molecule has 1 amide bonds. The largest absolute Gasteiger partial charge is 0.465 e. The van der Waals surface area contributed by atoms with Gasteiger partial charge in [0.15, 0.2) is 6.61 Å². The molecule has 0 saturated carbocycles. The van der Waals surface area contributed by atoms with Crippen molar-refractivity contribution in [1.82, 2.24) is 4.98 Å². The second-order valence-corrected chi connectivity index (χ2v) is 7.85. The number of hydrogen-bond donors (Lipinski definition) is 1. The van der Waals surface area contributed by atoms with Crippen LogP contribution in [0, 0.1) is 12.7 Å². The van der Waals surface area contributed by atoms with Crippen molar-refractivity contribution in [2.45, 2.75) is 6.92 Å². The Hall–Kier alpha value is -4.12. The Balaban J connectivity index is 1.68. The number of ether oxygens (including phenoxy) is 3. The molecule has 0 saturated heterocycles. The summed E-state index contributed by atoms with van der Waals surface area (Å²) in [6.45, 7) is 0.991. The van der Waals surface area contributed by atoms with Crippen LogP contribution in [-0.2, 0) is 19.0 Å². The van der Waals surface area contributed by atoms with Crippen molar-refractivity contribution in [3.63, 3.8) is 0 Å². The minimum Gasteiger partial charge on any atom is -0.465 e. The second-order valence-electron chi connectivity index (χ2n) is 6.85. The van der Waals surface area contributed by atoms with Gasteiger partial charge >= 0.3 is 17.9 Å². The van der Waals surface area contributed by atoms with Gasteiger partial charge in [0.05, 0.1) is 31.0 Å². The van der Waals surface area contributed by atoms with Crippen LogP contribution >= 0.6 is 11.3 Å². The highest BCUT2D eigenvalue weighted by atomic mass is 32.1. The first kappa shape index (κ1) is 24.5. The average molecular weight is 486 g/mol. The minimum atomic E-state index is -0.753. The Bertz CT molecular complexity index is 1220. The van der Waals surface area contributed by atoms with Crippen LogP contribution in [0.2, 0.25) is 0 Å². The molecule has 11 heteroatoms. The van der Waals surface area contributed by atoms with Gasteiger partial charge < -0.3 is 19.5 Å². The number of rotatable bonds is 7. The number of aryl methyl sites for hydroxylation is 1. The van der Waals surface area contributed by atoms with Crippen molar-refractivity contribution in [3.8, 4) is 10.6 Å². The van der Waals surface area contributed by atoms with Crippen LogP contribution in [0.4, 0.5) is 10.1 Å². The predicted molar refractivity (Wildman–Crippen MR) is 120 cm³/mol. The van der Waals surface area contributed by atoms with Gasteiger partial charge in [-0.05, 0) is 49.4 Å². The maximum Gasteiger partial charge on any atom is 0.350 e. The molecule has 0 atom stereocenters. The molecule has 34 heavy (non-hydrogen) atoms. The lowest BCUT2D eigenvalue weighted by Gasteiger charge is -2.10. The van der Waals surface area contributed by atoms with E-state index < -0.39 is 36.2 Å². The van der Waals surface area contributed by atoms with E-state index in [0.717, 1.165) is 11.3 Å². The molecule has 0 aliphatic rings. The number of hydrogen-bond acceptors (Lipinski definition) is 9. The van der Waals surface area contributed by atoms with Gasteiger partial charge in [-0.1, -0.05) is 0 Å². The molecular weight excluding hydrogens is 467 g/mol. The van der Waals surface area contributed by atoms with Gasteiger partial charge in [-0.2, -0.15) is 0 Å². The van der Waals surface area contributed by atoms with Crippen LogP contribution in [0.5, 0.6) is 0 Å². The highest BCUT2D eigenvalue weighted by Crippen LogP contribution is 2.28. The van der Waals surface area contributed by atoms with Crippen LogP contribution in [0.3, 0.4) is 0 Å². The maximum atomic E-state index is 13.1. The van der Waals surface area contributed by atoms with E-state index in [2.05, 4.69) is 19.8 Å². The maximum absolute atomic E-state index is 13.1. The summed E-state index contributed by atoms with van der Waals surface area (Å²) in [4.78, 5) is 53.0. The Labute approximate surface area is 197 Å². The molecule has 1 heterocycles. The molecule has 0 unspecified atom stereocenters. The van der Waals surface area contributed by atoms with Gasteiger partial charge in [-0.25, -0.2) is 23.8 Å². The number of nitrogens with one attached hydrogen (secondary N) is 1. The smallest absolute Gasteiger partial charge is 0.350 e. The van der Waals surface area contributed by atoms with E-state index in [1.807, 2.05) is 0 Å². The molecule has 1 aromatic heterocycles. The van der Waals surface area contributed by atoms with Crippen molar-refractivity contribution in [2.24, 2.45) is 0 Å². The van der Waals surface area contributed by atoms with Gasteiger partial charge in [0.2, 0.25) is 0 Å². The topological polar surface area (TPSA) is 121 Å². The Morgan fingerprint density at radius 2 is 1.53 bits per heavy atom. The zero-order chi connectivity index (χ0) is 24.8. The number of nitrogens with zero attached hydrogens (tertiary/aromatic N) is 1. The highest BCUT2D eigenvalue weighted by molar-refractivity contribution is 7.17. The lowest BCUT2D eigenvalue weighted by atomic mass is 10.1. The number of anilines is 1. The van der Waals surface area contributed by atoms with Gasteiger partial charge in [0, 0.05) is 11.3 Å². The minimum absolute atomic E-state index is 0.0197.